The molecule has 0 N–H and O–H groups in total. The summed E-state index contributed by atoms with van der Waals surface area (Å²) in [7, 11) is 0. The van der Waals surface area contributed by atoms with Crippen LogP contribution in [0.5, 0.6) is 0 Å². The lowest BCUT2D eigenvalue weighted by atomic mass is 9.82. The molecule has 1 aromatic rings. The number of hydrogen-bond donors (Lipinski definition) is 0. The van der Waals surface area contributed by atoms with Crippen molar-refractivity contribution in [3.05, 3.63) is 21.4 Å². The number of ether oxygens (including phenoxy) is 2. The van der Waals surface area contributed by atoms with Gasteiger partial charge in [0.05, 0.1) is 27.6 Å². The van der Waals surface area contributed by atoms with E-state index in [-0.39, 0.29) is 12.1 Å². The van der Waals surface area contributed by atoms with Crippen LogP contribution >= 0.6 is 31.9 Å². The highest BCUT2D eigenvalue weighted by molar-refractivity contribution is 9.11. The molecule has 1 aliphatic heterocycles. The number of piperidine rings is 1. The van der Waals surface area contributed by atoms with Gasteiger partial charge in [-0.1, -0.05) is 29.8 Å². The summed E-state index contributed by atoms with van der Waals surface area (Å²) in [6.45, 7) is 18.0. The van der Waals surface area contributed by atoms with Crippen LogP contribution in [0.4, 0.5) is 5.69 Å². The minimum atomic E-state index is -0.842. The first kappa shape index (κ1) is 25.6. The third-order valence-electron chi connectivity index (χ3n) is 5.27. The Morgan fingerprint density at radius 3 is 2.27 bits per heavy atom. The summed E-state index contributed by atoms with van der Waals surface area (Å²) in [5.41, 5.74) is 3.32. The second-order valence-electron chi connectivity index (χ2n) is 10.1. The Bertz CT molecular complexity index is 763. The van der Waals surface area contributed by atoms with Crippen molar-refractivity contribution in [3.8, 4) is 0 Å². The standard InChI is InChI=1S/C23H36Br2N2O3/c1-14(2)29-21(28)20(30-22(4,5)6)17-15(3)26-16(13-24)18(25)19(17)27-11-9-23(7,8)10-12-27/h14,20H,9-13H2,1-8H3/t20-/m0/s1. The highest BCUT2D eigenvalue weighted by atomic mass is 79.9. The number of halogens is 2. The molecule has 1 fully saturated rings. The van der Waals surface area contributed by atoms with E-state index in [1.165, 1.54) is 0 Å². The van der Waals surface area contributed by atoms with Gasteiger partial charge in [-0.05, 0) is 75.7 Å². The van der Waals surface area contributed by atoms with Crippen LogP contribution in [-0.2, 0) is 19.6 Å². The van der Waals surface area contributed by atoms with Crippen LogP contribution in [0, 0.1) is 12.3 Å². The molecule has 0 spiro atoms. The SMILES string of the molecule is Cc1nc(CBr)c(Br)c(N2CCC(C)(C)CC2)c1[C@H](OC(C)(C)C)C(=O)OC(C)C. The molecule has 0 unspecified atom stereocenters. The van der Waals surface area contributed by atoms with E-state index >= 15 is 0 Å². The molecular weight excluding hydrogens is 512 g/mol. The van der Waals surface area contributed by atoms with E-state index in [1.807, 2.05) is 41.5 Å². The van der Waals surface area contributed by atoms with Crippen molar-refractivity contribution in [1.29, 1.82) is 0 Å². The lowest BCUT2D eigenvalue weighted by Gasteiger charge is -2.40. The molecule has 2 rings (SSSR count). The average molecular weight is 548 g/mol. The number of aryl methyl sites for hydroxylation is 1. The first-order valence-corrected chi connectivity index (χ1v) is 12.6. The molecule has 1 saturated heterocycles. The number of nitrogens with zero attached hydrogens (tertiary/aromatic N) is 2. The van der Waals surface area contributed by atoms with Gasteiger partial charge in [0.2, 0.25) is 0 Å². The zero-order chi connectivity index (χ0) is 22.9. The van der Waals surface area contributed by atoms with Crippen molar-refractivity contribution in [2.24, 2.45) is 5.41 Å². The molecule has 1 atom stereocenters. The molecule has 0 radical (unpaired) electrons. The Kier molecular flexibility index (Phi) is 8.42. The summed E-state index contributed by atoms with van der Waals surface area (Å²) in [6, 6.07) is 0. The number of aromatic nitrogens is 1. The van der Waals surface area contributed by atoms with Gasteiger partial charge in [0, 0.05) is 29.7 Å². The second-order valence-corrected chi connectivity index (χ2v) is 11.5. The average Bonchev–Trinajstić information content (AvgIpc) is 2.60. The number of carbonyl (C=O) groups is 1. The smallest absolute Gasteiger partial charge is 0.340 e. The van der Waals surface area contributed by atoms with Gasteiger partial charge in [-0.15, -0.1) is 0 Å². The molecule has 7 heteroatoms. The fourth-order valence-electron chi connectivity index (χ4n) is 3.66. The van der Waals surface area contributed by atoms with E-state index in [9.17, 15) is 4.79 Å². The summed E-state index contributed by atoms with van der Waals surface area (Å²) in [5, 5.41) is 0.627. The number of alkyl halides is 1. The molecule has 30 heavy (non-hydrogen) atoms. The first-order chi connectivity index (χ1) is 13.8. The van der Waals surface area contributed by atoms with E-state index in [4.69, 9.17) is 14.5 Å². The zero-order valence-corrected chi connectivity index (χ0v) is 22.7. The monoisotopic (exact) mass is 546 g/mol. The van der Waals surface area contributed by atoms with Crippen LogP contribution in [0.15, 0.2) is 4.47 Å². The van der Waals surface area contributed by atoms with Gasteiger partial charge in [0.25, 0.3) is 0 Å². The van der Waals surface area contributed by atoms with Crippen LogP contribution in [-0.4, -0.2) is 35.7 Å². The Morgan fingerprint density at radius 2 is 1.80 bits per heavy atom. The molecule has 170 valence electrons. The van der Waals surface area contributed by atoms with Crippen molar-refractivity contribution >= 4 is 43.5 Å². The third-order valence-corrected chi connectivity index (χ3v) is 6.63. The predicted molar refractivity (Wildman–Crippen MR) is 129 cm³/mol. The van der Waals surface area contributed by atoms with Crippen LogP contribution in [0.2, 0.25) is 0 Å². The molecule has 0 aromatic carbocycles. The maximum atomic E-state index is 13.2. The summed E-state index contributed by atoms with van der Waals surface area (Å²) < 4.78 is 12.8. The van der Waals surface area contributed by atoms with Crippen LogP contribution in [0.3, 0.4) is 0 Å². The second kappa shape index (κ2) is 9.86. The Labute approximate surface area is 198 Å². The Hall–Kier alpha value is -0.660. The van der Waals surface area contributed by atoms with E-state index in [0.29, 0.717) is 10.7 Å². The van der Waals surface area contributed by atoms with Gasteiger partial charge in [-0.3, -0.25) is 4.98 Å². The molecule has 0 aliphatic carbocycles. The first-order valence-electron chi connectivity index (χ1n) is 10.6. The van der Waals surface area contributed by atoms with E-state index < -0.39 is 11.7 Å². The van der Waals surface area contributed by atoms with E-state index in [2.05, 4.69) is 50.6 Å². The molecule has 1 aliphatic rings. The van der Waals surface area contributed by atoms with Crippen molar-refractivity contribution in [3.63, 3.8) is 0 Å². The molecule has 1 aromatic heterocycles. The lowest BCUT2D eigenvalue weighted by molar-refractivity contribution is -0.171. The predicted octanol–water partition coefficient (Wildman–Crippen LogP) is 6.48. The summed E-state index contributed by atoms with van der Waals surface area (Å²) in [4.78, 5) is 20.3. The maximum Gasteiger partial charge on any atom is 0.340 e. The van der Waals surface area contributed by atoms with Crippen LogP contribution in [0.25, 0.3) is 0 Å². The quantitative estimate of drug-likeness (QED) is 0.301. The highest BCUT2D eigenvalue weighted by Gasteiger charge is 2.37. The number of pyridine rings is 1. The maximum absolute atomic E-state index is 13.2. The number of hydrogen-bond acceptors (Lipinski definition) is 5. The normalized spacial score (nSPS) is 17.9. The minimum absolute atomic E-state index is 0.221. The van der Waals surface area contributed by atoms with E-state index in [0.717, 1.165) is 53.0 Å². The Morgan fingerprint density at radius 1 is 1.23 bits per heavy atom. The topological polar surface area (TPSA) is 51.7 Å². The fourth-order valence-corrected chi connectivity index (χ4v) is 5.13. The van der Waals surface area contributed by atoms with E-state index in [1.54, 1.807) is 0 Å². The fraction of sp³-hybridized carbons (Fsp3) is 0.739. The molecule has 0 saturated carbocycles. The minimum Gasteiger partial charge on any atom is -0.461 e. The van der Waals surface area contributed by atoms with Crippen molar-refractivity contribution in [2.75, 3.05) is 18.0 Å². The molecule has 5 nitrogen and oxygen atoms in total. The summed E-state index contributed by atoms with van der Waals surface area (Å²) in [6.07, 6.45) is 1.11. The molecule has 2 heterocycles. The largest absolute Gasteiger partial charge is 0.461 e. The van der Waals surface area contributed by atoms with Crippen LogP contribution < -0.4 is 4.90 Å². The summed E-state index contributed by atoms with van der Waals surface area (Å²) >= 11 is 7.35. The zero-order valence-electron chi connectivity index (χ0n) is 19.6. The van der Waals surface area contributed by atoms with Crippen molar-refractivity contribution in [1.82, 2.24) is 4.98 Å². The number of anilines is 1. The van der Waals surface area contributed by atoms with Gasteiger partial charge >= 0.3 is 5.97 Å². The van der Waals surface area contributed by atoms with Gasteiger partial charge < -0.3 is 14.4 Å². The molecular formula is C23H36Br2N2O3. The van der Waals surface area contributed by atoms with Crippen LogP contribution in [0.1, 0.15) is 84.4 Å². The Balaban J connectivity index is 2.64. The number of esters is 1. The van der Waals surface area contributed by atoms with Gasteiger partial charge in [0.15, 0.2) is 6.10 Å². The molecule has 0 bridgehead atoms. The van der Waals surface area contributed by atoms with Crippen molar-refractivity contribution in [2.45, 2.75) is 91.4 Å². The third kappa shape index (κ3) is 6.42. The van der Waals surface area contributed by atoms with Gasteiger partial charge in [-0.2, -0.15) is 0 Å². The van der Waals surface area contributed by atoms with Gasteiger partial charge in [-0.25, -0.2) is 4.79 Å². The molecule has 0 amide bonds. The summed E-state index contributed by atoms with van der Waals surface area (Å²) in [5.74, 6) is -0.373. The van der Waals surface area contributed by atoms with Crippen molar-refractivity contribution < 1.29 is 14.3 Å². The lowest BCUT2D eigenvalue weighted by Crippen LogP contribution is -2.39. The van der Waals surface area contributed by atoms with Gasteiger partial charge in [0.1, 0.15) is 0 Å². The number of rotatable bonds is 6. The number of carbonyl (C=O) groups excluding carboxylic acids is 1. The highest BCUT2D eigenvalue weighted by Crippen LogP contribution is 2.43.